The van der Waals surface area contributed by atoms with Crippen molar-refractivity contribution in [1.29, 1.82) is 5.26 Å². The van der Waals surface area contributed by atoms with E-state index in [0.717, 1.165) is 5.56 Å². The fourth-order valence-electron chi connectivity index (χ4n) is 3.46. The zero-order chi connectivity index (χ0) is 26.6. The van der Waals surface area contributed by atoms with Crippen molar-refractivity contribution in [2.75, 3.05) is 6.61 Å². The van der Waals surface area contributed by atoms with Crippen molar-refractivity contribution in [2.24, 2.45) is 5.92 Å². The molecule has 0 saturated heterocycles. The fraction of sp³-hybridized carbons (Fsp3) is 0.414. The third-order valence-corrected chi connectivity index (χ3v) is 7.10. The third kappa shape index (κ3) is 7.22. The van der Waals surface area contributed by atoms with Crippen molar-refractivity contribution in [3.8, 4) is 11.8 Å². The summed E-state index contributed by atoms with van der Waals surface area (Å²) in [5, 5.41) is 20.7. The average molecular weight is 496 g/mol. The lowest BCUT2D eigenvalue weighted by Crippen LogP contribution is -2.17. The molecule has 188 valence electrons. The summed E-state index contributed by atoms with van der Waals surface area (Å²) < 4.78 is 31.9. The molecule has 0 spiro atoms. The van der Waals surface area contributed by atoms with Crippen molar-refractivity contribution in [3.63, 3.8) is 0 Å². The Hall–Kier alpha value is -3.04. The second-order valence-electron chi connectivity index (χ2n) is 11.2. The van der Waals surface area contributed by atoms with Gasteiger partial charge in [-0.3, -0.25) is 0 Å². The Kier molecular flexibility index (Phi) is 8.62. The Bertz CT molecular complexity index is 1210. The molecule has 0 unspecified atom stereocenters. The van der Waals surface area contributed by atoms with E-state index in [4.69, 9.17) is 4.74 Å². The van der Waals surface area contributed by atoms with Gasteiger partial charge in [0, 0.05) is 11.1 Å². The van der Waals surface area contributed by atoms with Gasteiger partial charge in [-0.1, -0.05) is 67.5 Å². The van der Waals surface area contributed by atoms with Crippen LogP contribution in [0.15, 0.2) is 52.5 Å². The van der Waals surface area contributed by atoms with Gasteiger partial charge in [0.15, 0.2) is 0 Å². The lowest BCUT2D eigenvalue weighted by molar-refractivity contribution is 0.213. The molecule has 0 atom stereocenters. The minimum atomic E-state index is -4.03. The van der Waals surface area contributed by atoms with Crippen molar-refractivity contribution < 1.29 is 18.3 Å². The second kappa shape index (κ2) is 10.7. The lowest BCUT2D eigenvalue weighted by Gasteiger charge is -2.28. The quantitative estimate of drug-likeness (QED) is 0.331. The molecule has 0 amide bonds. The van der Waals surface area contributed by atoms with E-state index in [1.54, 1.807) is 36.6 Å². The fourth-order valence-corrected chi connectivity index (χ4v) is 4.62. The van der Waals surface area contributed by atoms with Crippen LogP contribution >= 0.6 is 0 Å². The number of ether oxygens (including phenoxy) is 1. The second-order valence-corrected chi connectivity index (χ2v) is 13.1. The Morgan fingerprint density at radius 3 is 1.94 bits per heavy atom. The number of phenols is 1. The number of phenolic OH excluding ortho intramolecular Hbond substituents is 1. The van der Waals surface area contributed by atoms with Crippen LogP contribution < -0.4 is 0 Å². The van der Waals surface area contributed by atoms with Gasteiger partial charge in [0.1, 0.15) is 16.7 Å². The summed E-state index contributed by atoms with van der Waals surface area (Å²) in [7, 11) is -4.03. The summed E-state index contributed by atoms with van der Waals surface area (Å²) in [6.07, 6.45) is 4.74. The average Bonchev–Trinajstić information content (AvgIpc) is 2.74. The van der Waals surface area contributed by atoms with E-state index in [0.29, 0.717) is 29.2 Å². The third-order valence-electron chi connectivity index (χ3n) is 5.42. The highest BCUT2D eigenvalue weighted by atomic mass is 32.2. The van der Waals surface area contributed by atoms with Gasteiger partial charge in [0.2, 0.25) is 9.84 Å². The molecule has 1 N–H and O–H groups in total. The van der Waals surface area contributed by atoms with E-state index in [9.17, 15) is 18.8 Å². The SMILES string of the molecule is CC(C)CO/C=C/c1ccc(S(=O)(=O)/C(C#N)=C/c2cc(C(C)(C)C)c(O)c(C(C)(C)C)c2)cc1. The maximum Gasteiger partial charge on any atom is 0.216 e. The molecule has 5 nitrogen and oxygen atoms in total. The normalized spacial score (nSPS) is 13.3. The molecule has 0 aliphatic carbocycles. The Morgan fingerprint density at radius 2 is 1.51 bits per heavy atom. The molecular formula is C29H37NO4S. The summed E-state index contributed by atoms with van der Waals surface area (Å²) in [4.78, 5) is -0.317. The van der Waals surface area contributed by atoms with Gasteiger partial charge < -0.3 is 9.84 Å². The Morgan fingerprint density at radius 1 is 1.00 bits per heavy atom. The zero-order valence-corrected chi connectivity index (χ0v) is 22.8. The first-order valence-electron chi connectivity index (χ1n) is 11.7. The van der Waals surface area contributed by atoms with Gasteiger partial charge in [-0.2, -0.15) is 5.26 Å². The maximum atomic E-state index is 13.3. The molecular weight excluding hydrogens is 458 g/mol. The minimum absolute atomic E-state index is 0.0383. The molecule has 0 aliphatic heterocycles. The number of hydrogen-bond donors (Lipinski definition) is 1. The van der Waals surface area contributed by atoms with Crippen LogP contribution in [0.25, 0.3) is 12.2 Å². The summed E-state index contributed by atoms with van der Waals surface area (Å²) in [6, 6.07) is 11.7. The lowest BCUT2D eigenvalue weighted by atomic mass is 9.78. The van der Waals surface area contributed by atoms with E-state index >= 15 is 0 Å². The summed E-state index contributed by atoms with van der Waals surface area (Å²) in [5.41, 5.74) is 1.99. The van der Waals surface area contributed by atoms with E-state index in [2.05, 4.69) is 13.8 Å². The van der Waals surface area contributed by atoms with Crippen molar-refractivity contribution in [3.05, 3.63) is 69.8 Å². The van der Waals surface area contributed by atoms with E-state index in [1.165, 1.54) is 18.2 Å². The van der Waals surface area contributed by atoms with Gasteiger partial charge in [0.25, 0.3) is 0 Å². The highest BCUT2D eigenvalue weighted by Gasteiger charge is 2.27. The highest BCUT2D eigenvalue weighted by molar-refractivity contribution is 7.95. The molecule has 2 rings (SSSR count). The highest BCUT2D eigenvalue weighted by Crippen LogP contribution is 2.40. The van der Waals surface area contributed by atoms with Gasteiger partial charge in [-0.15, -0.1) is 0 Å². The molecule has 0 aromatic heterocycles. The van der Waals surface area contributed by atoms with Crippen LogP contribution in [0.4, 0.5) is 0 Å². The topological polar surface area (TPSA) is 87.4 Å². The first-order chi connectivity index (χ1) is 16.1. The van der Waals surface area contributed by atoms with Crippen LogP contribution in [0.1, 0.15) is 77.6 Å². The maximum absolute atomic E-state index is 13.3. The zero-order valence-electron chi connectivity index (χ0n) is 22.0. The number of allylic oxidation sites excluding steroid dienone is 1. The minimum Gasteiger partial charge on any atom is -0.507 e. The van der Waals surface area contributed by atoms with Crippen LogP contribution in [-0.2, 0) is 25.4 Å². The molecule has 0 radical (unpaired) electrons. The number of sulfone groups is 1. The molecule has 0 bridgehead atoms. The predicted octanol–water partition coefficient (Wildman–Crippen LogP) is 6.97. The molecule has 0 heterocycles. The van der Waals surface area contributed by atoms with Crippen LogP contribution in [0.2, 0.25) is 0 Å². The number of nitrogens with zero attached hydrogens (tertiary/aromatic N) is 1. The van der Waals surface area contributed by atoms with Gasteiger partial charge in [-0.05, 0) is 64.3 Å². The molecule has 2 aromatic rings. The monoisotopic (exact) mass is 495 g/mol. The standard InChI is InChI=1S/C29H37NO4S/c1-20(2)19-34-14-13-21-9-11-23(12-10-21)35(32,33)24(18-30)15-22-16-25(28(3,4)5)27(31)26(17-22)29(6,7)8/h9-17,20,31H,19H2,1-8H3/b14-13+,24-15+. The summed E-state index contributed by atoms with van der Waals surface area (Å²) in [6.45, 7) is 16.6. The number of rotatable bonds is 7. The molecule has 0 aliphatic rings. The Balaban J connectivity index is 2.50. The number of aromatic hydroxyl groups is 1. The number of nitriles is 1. The molecule has 0 saturated carbocycles. The van der Waals surface area contributed by atoms with Crippen LogP contribution in [0.5, 0.6) is 5.75 Å². The molecule has 0 fully saturated rings. The smallest absolute Gasteiger partial charge is 0.216 e. The van der Waals surface area contributed by atoms with Gasteiger partial charge in [-0.25, -0.2) is 8.42 Å². The predicted molar refractivity (Wildman–Crippen MR) is 143 cm³/mol. The van der Waals surface area contributed by atoms with E-state index in [-0.39, 0.29) is 26.4 Å². The van der Waals surface area contributed by atoms with Crippen LogP contribution in [-0.4, -0.2) is 20.1 Å². The summed E-state index contributed by atoms with van der Waals surface area (Å²) in [5.74, 6) is 0.612. The van der Waals surface area contributed by atoms with Crippen LogP contribution in [0.3, 0.4) is 0 Å². The first kappa shape index (κ1) is 28.2. The van der Waals surface area contributed by atoms with Crippen molar-refractivity contribution in [2.45, 2.75) is 71.1 Å². The molecule has 2 aromatic carbocycles. The summed E-state index contributed by atoms with van der Waals surface area (Å²) >= 11 is 0. The Labute approximate surface area is 210 Å². The van der Waals surface area contributed by atoms with Crippen LogP contribution in [0, 0.1) is 17.2 Å². The number of benzene rings is 2. The molecule has 35 heavy (non-hydrogen) atoms. The van der Waals surface area contributed by atoms with E-state index in [1.807, 2.05) is 47.6 Å². The first-order valence-corrected chi connectivity index (χ1v) is 13.2. The van der Waals surface area contributed by atoms with Crippen molar-refractivity contribution in [1.82, 2.24) is 0 Å². The van der Waals surface area contributed by atoms with Gasteiger partial charge in [0.05, 0.1) is 17.8 Å². The van der Waals surface area contributed by atoms with Gasteiger partial charge >= 0.3 is 0 Å². The largest absolute Gasteiger partial charge is 0.507 e. The molecule has 6 heteroatoms. The van der Waals surface area contributed by atoms with Crippen molar-refractivity contribution >= 4 is 22.0 Å². The number of hydrogen-bond acceptors (Lipinski definition) is 5. The van der Waals surface area contributed by atoms with E-state index < -0.39 is 9.84 Å².